The van der Waals surface area contributed by atoms with Crippen LogP contribution in [-0.4, -0.2) is 21.9 Å². The standard InChI is InChI=1S/C14H15NO4S/c1-13(2)18-9-6-4-5-8(11(9)19-13)14(3)7-10(16)15(20)12(14)17/h4-6,20H,7H2,1-3H3. The SMILES string of the molecule is CC1(C)Oc2cccc(C3(C)CC(=O)N(S)C3=O)c2O1. The molecule has 1 aromatic carbocycles. The molecule has 2 heterocycles. The van der Waals surface area contributed by atoms with Crippen LogP contribution < -0.4 is 9.47 Å². The normalized spacial score (nSPS) is 27.3. The number of rotatable bonds is 1. The van der Waals surface area contributed by atoms with Gasteiger partial charge in [-0.15, -0.1) is 0 Å². The van der Waals surface area contributed by atoms with E-state index in [4.69, 9.17) is 9.47 Å². The van der Waals surface area contributed by atoms with Crippen LogP contribution in [0, 0.1) is 0 Å². The van der Waals surface area contributed by atoms with Crippen molar-refractivity contribution in [2.75, 3.05) is 0 Å². The first-order valence-corrected chi connectivity index (χ1v) is 6.72. The van der Waals surface area contributed by atoms with E-state index in [1.807, 2.05) is 0 Å². The Labute approximate surface area is 122 Å². The van der Waals surface area contributed by atoms with Gasteiger partial charge in [0.2, 0.25) is 17.6 Å². The molecular formula is C14H15NO4S. The molecule has 20 heavy (non-hydrogen) atoms. The summed E-state index contributed by atoms with van der Waals surface area (Å²) in [4.78, 5) is 24.1. The lowest BCUT2D eigenvalue weighted by Crippen LogP contribution is -2.33. The summed E-state index contributed by atoms with van der Waals surface area (Å²) in [7, 11) is 0. The number of thiol groups is 1. The number of hydrogen-bond donors (Lipinski definition) is 1. The molecule has 1 fully saturated rings. The van der Waals surface area contributed by atoms with Crippen LogP contribution in [0.25, 0.3) is 0 Å². The number of hydrogen-bond acceptors (Lipinski definition) is 5. The van der Waals surface area contributed by atoms with E-state index in [1.165, 1.54) is 0 Å². The summed E-state index contributed by atoms with van der Waals surface area (Å²) in [6.45, 7) is 5.32. The van der Waals surface area contributed by atoms with Crippen molar-refractivity contribution in [3.8, 4) is 11.5 Å². The zero-order chi connectivity index (χ0) is 14.7. The highest BCUT2D eigenvalue weighted by Gasteiger charge is 2.51. The monoisotopic (exact) mass is 293 g/mol. The fourth-order valence-electron chi connectivity index (χ4n) is 2.68. The summed E-state index contributed by atoms with van der Waals surface area (Å²) in [5, 5.41) is 0. The highest BCUT2D eigenvalue weighted by atomic mass is 32.1. The molecule has 1 atom stereocenters. The Morgan fingerprint density at radius 3 is 2.50 bits per heavy atom. The minimum atomic E-state index is -0.964. The van der Waals surface area contributed by atoms with E-state index in [-0.39, 0.29) is 18.2 Å². The van der Waals surface area contributed by atoms with Gasteiger partial charge in [0.25, 0.3) is 0 Å². The molecule has 5 nitrogen and oxygen atoms in total. The van der Waals surface area contributed by atoms with Crippen LogP contribution in [0.2, 0.25) is 0 Å². The Hall–Kier alpha value is -1.69. The second kappa shape index (κ2) is 3.91. The fourth-order valence-corrected chi connectivity index (χ4v) is 2.97. The summed E-state index contributed by atoms with van der Waals surface area (Å²) in [5.74, 6) is -0.304. The summed E-state index contributed by atoms with van der Waals surface area (Å²) in [5.41, 5.74) is -0.302. The Morgan fingerprint density at radius 2 is 1.90 bits per heavy atom. The van der Waals surface area contributed by atoms with Gasteiger partial charge in [-0.2, -0.15) is 0 Å². The molecule has 1 aromatic rings. The molecule has 2 aliphatic rings. The van der Waals surface area contributed by atoms with Crippen molar-refractivity contribution in [1.82, 2.24) is 4.31 Å². The van der Waals surface area contributed by atoms with Crippen LogP contribution in [-0.2, 0) is 15.0 Å². The Balaban J connectivity index is 2.12. The summed E-state index contributed by atoms with van der Waals surface area (Å²) >= 11 is 3.95. The van der Waals surface area contributed by atoms with Crippen molar-refractivity contribution < 1.29 is 19.1 Å². The molecule has 0 saturated carbocycles. The molecule has 2 aliphatic heterocycles. The van der Waals surface area contributed by atoms with Crippen LogP contribution in [0.4, 0.5) is 0 Å². The van der Waals surface area contributed by atoms with Gasteiger partial charge in [-0.25, -0.2) is 4.31 Å². The molecule has 0 spiro atoms. The first-order valence-electron chi connectivity index (χ1n) is 6.32. The summed E-state index contributed by atoms with van der Waals surface area (Å²) in [6, 6.07) is 5.38. The number of para-hydroxylation sites is 1. The van der Waals surface area contributed by atoms with Crippen LogP contribution >= 0.6 is 12.8 Å². The molecule has 3 rings (SSSR count). The third kappa shape index (κ3) is 1.71. The molecule has 0 radical (unpaired) electrons. The van der Waals surface area contributed by atoms with Gasteiger partial charge >= 0.3 is 0 Å². The first kappa shape index (κ1) is 13.3. The van der Waals surface area contributed by atoms with E-state index >= 15 is 0 Å². The topological polar surface area (TPSA) is 55.8 Å². The van der Waals surface area contributed by atoms with Crippen LogP contribution in [0.5, 0.6) is 11.5 Å². The minimum absolute atomic E-state index is 0.0789. The van der Waals surface area contributed by atoms with E-state index < -0.39 is 11.2 Å². The maximum absolute atomic E-state index is 12.3. The van der Waals surface area contributed by atoms with Crippen LogP contribution in [0.1, 0.15) is 32.8 Å². The Bertz CT molecular complexity index is 628. The maximum atomic E-state index is 12.3. The van der Waals surface area contributed by atoms with Crippen molar-refractivity contribution >= 4 is 24.6 Å². The van der Waals surface area contributed by atoms with Gasteiger partial charge in [0, 0.05) is 25.8 Å². The predicted molar refractivity (Wildman–Crippen MR) is 74.6 cm³/mol. The van der Waals surface area contributed by atoms with E-state index in [2.05, 4.69) is 12.8 Å². The second-order valence-electron chi connectivity index (χ2n) is 5.76. The molecule has 2 amide bonds. The highest BCUT2D eigenvalue weighted by Crippen LogP contribution is 2.49. The smallest absolute Gasteiger partial charge is 0.250 e. The lowest BCUT2D eigenvalue weighted by atomic mass is 9.80. The molecule has 0 aliphatic carbocycles. The van der Waals surface area contributed by atoms with E-state index in [0.29, 0.717) is 17.1 Å². The lowest BCUT2D eigenvalue weighted by molar-refractivity contribution is -0.133. The van der Waals surface area contributed by atoms with Crippen molar-refractivity contribution in [1.29, 1.82) is 0 Å². The largest absolute Gasteiger partial charge is 0.449 e. The van der Waals surface area contributed by atoms with Gasteiger partial charge in [0.05, 0.1) is 5.41 Å². The third-order valence-corrected chi connectivity index (χ3v) is 4.09. The lowest BCUT2D eigenvalue weighted by Gasteiger charge is -2.23. The van der Waals surface area contributed by atoms with Crippen molar-refractivity contribution in [2.24, 2.45) is 0 Å². The highest BCUT2D eigenvalue weighted by molar-refractivity contribution is 7.79. The zero-order valence-electron chi connectivity index (χ0n) is 11.5. The number of carbonyl (C=O) groups is 2. The van der Waals surface area contributed by atoms with Gasteiger partial charge in [0.1, 0.15) is 0 Å². The fraction of sp³-hybridized carbons (Fsp3) is 0.429. The molecule has 1 unspecified atom stereocenters. The molecule has 0 aromatic heterocycles. The van der Waals surface area contributed by atoms with Crippen molar-refractivity contribution in [3.63, 3.8) is 0 Å². The number of ether oxygens (including phenoxy) is 2. The number of benzene rings is 1. The van der Waals surface area contributed by atoms with E-state index in [1.54, 1.807) is 39.0 Å². The van der Waals surface area contributed by atoms with Gasteiger partial charge < -0.3 is 9.47 Å². The van der Waals surface area contributed by atoms with Crippen LogP contribution in [0.15, 0.2) is 18.2 Å². The van der Waals surface area contributed by atoms with Gasteiger partial charge in [-0.05, 0) is 13.0 Å². The van der Waals surface area contributed by atoms with E-state index in [0.717, 1.165) is 4.31 Å². The summed E-state index contributed by atoms with van der Waals surface area (Å²) in [6.07, 6.45) is 0.0789. The molecule has 0 N–H and O–H groups in total. The first-order chi connectivity index (χ1) is 9.24. The minimum Gasteiger partial charge on any atom is -0.449 e. The second-order valence-corrected chi connectivity index (χ2v) is 6.16. The number of carbonyl (C=O) groups excluding carboxylic acids is 2. The number of amides is 2. The average molecular weight is 293 g/mol. The van der Waals surface area contributed by atoms with Gasteiger partial charge in [-0.3, -0.25) is 9.59 Å². The van der Waals surface area contributed by atoms with Gasteiger partial charge in [-0.1, -0.05) is 24.9 Å². The molecule has 6 heteroatoms. The molecule has 0 bridgehead atoms. The number of fused-ring (bicyclic) bond motifs is 1. The van der Waals surface area contributed by atoms with Crippen molar-refractivity contribution in [3.05, 3.63) is 23.8 Å². The quantitative estimate of drug-likeness (QED) is 0.636. The predicted octanol–water partition coefficient (Wildman–Crippen LogP) is 2.06. The zero-order valence-corrected chi connectivity index (χ0v) is 12.4. The average Bonchev–Trinajstić information content (AvgIpc) is 2.78. The Morgan fingerprint density at radius 1 is 1.20 bits per heavy atom. The van der Waals surface area contributed by atoms with Crippen LogP contribution in [0.3, 0.4) is 0 Å². The maximum Gasteiger partial charge on any atom is 0.250 e. The molecule has 1 saturated heterocycles. The van der Waals surface area contributed by atoms with Crippen molar-refractivity contribution in [2.45, 2.75) is 38.4 Å². The Kier molecular flexibility index (Phi) is 2.60. The number of imide groups is 1. The molecule has 106 valence electrons. The summed E-state index contributed by atoms with van der Waals surface area (Å²) < 4.78 is 12.3. The molecular weight excluding hydrogens is 278 g/mol. The third-order valence-electron chi connectivity index (χ3n) is 3.68. The number of nitrogens with zero attached hydrogens (tertiary/aromatic N) is 1. The van der Waals surface area contributed by atoms with E-state index in [9.17, 15) is 9.59 Å². The van der Waals surface area contributed by atoms with Gasteiger partial charge in [0.15, 0.2) is 11.5 Å².